The maximum atomic E-state index is 5.69. The molecule has 0 amide bonds. The summed E-state index contributed by atoms with van der Waals surface area (Å²) in [4.78, 5) is 4.59. The van der Waals surface area contributed by atoms with Gasteiger partial charge in [-0.25, -0.2) is 4.99 Å². The molecule has 1 fully saturated rings. The lowest BCUT2D eigenvalue weighted by Crippen LogP contribution is -2.38. The van der Waals surface area contributed by atoms with Crippen LogP contribution in [0.4, 0.5) is 0 Å². The van der Waals surface area contributed by atoms with Crippen LogP contribution in [-0.4, -0.2) is 50.1 Å². The van der Waals surface area contributed by atoms with Crippen molar-refractivity contribution in [3.8, 4) is 0 Å². The summed E-state index contributed by atoms with van der Waals surface area (Å²) in [5.74, 6) is 2.05. The van der Waals surface area contributed by atoms with E-state index in [1.54, 1.807) is 0 Å². The lowest BCUT2D eigenvalue weighted by atomic mass is 9.99. The summed E-state index contributed by atoms with van der Waals surface area (Å²) in [6, 6.07) is 2.03. The number of nitrogens with one attached hydrogen (secondary N) is 2. The first-order chi connectivity index (χ1) is 13.3. The van der Waals surface area contributed by atoms with Crippen LogP contribution in [0, 0.1) is 0 Å². The second-order valence-corrected chi connectivity index (χ2v) is 6.92. The highest BCUT2D eigenvalue weighted by atomic mass is 16.5. The third-order valence-corrected chi connectivity index (χ3v) is 4.80. The number of aromatic nitrogens is 1. The smallest absolute Gasteiger partial charge is 0.191 e. The number of aliphatic imine (C=N–C) groups is 1. The van der Waals surface area contributed by atoms with Gasteiger partial charge in [0.05, 0.1) is 18.4 Å². The molecule has 7 nitrogen and oxygen atoms in total. The van der Waals surface area contributed by atoms with Crippen molar-refractivity contribution in [2.24, 2.45) is 4.99 Å². The van der Waals surface area contributed by atoms with E-state index in [1.807, 2.05) is 6.07 Å². The van der Waals surface area contributed by atoms with Crippen molar-refractivity contribution in [3.63, 3.8) is 0 Å². The van der Waals surface area contributed by atoms with Gasteiger partial charge in [-0.1, -0.05) is 19.0 Å². The fraction of sp³-hybridized carbons (Fsp3) is 0.800. The third-order valence-electron chi connectivity index (χ3n) is 4.80. The van der Waals surface area contributed by atoms with Crippen LogP contribution in [0.3, 0.4) is 0 Å². The van der Waals surface area contributed by atoms with Gasteiger partial charge in [-0.05, 0) is 39.0 Å². The average Bonchev–Trinajstić information content (AvgIpc) is 3.36. The van der Waals surface area contributed by atoms with Crippen molar-refractivity contribution in [3.05, 3.63) is 17.5 Å². The van der Waals surface area contributed by atoms with Gasteiger partial charge in [0.25, 0.3) is 0 Å². The predicted octanol–water partition coefficient (Wildman–Crippen LogP) is 3.22. The monoisotopic (exact) mass is 380 g/mol. The Kier molecular flexibility index (Phi) is 10.2. The van der Waals surface area contributed by atoms with Crippen molar-refractivity contribution >= 4 is 5.96 Å². The van der Waals surface area contributed by atoms with Gasteiger partial charge in [-0.3, -0.25) is 0 Å². The molecule has 2 N–H and O–H groups in total. The molecule has 154 valence electrons. The molecule has 1 aromatic heterocycles. The van der Waals surface area contributed by atoms with Crippen LogP contribution in [0.1, 0.15) is 70.2 Å². The van der Waals surface area contributed by atoms with Crippen molar-refractivity contribution < 1.29 is 14.0 Å². The summed E-state index contributed by atoms with van der Waals surface area (Å²) in [5.41, 5.74) is 1.03. The molecule has 1 atom stereocenters. The summed E-state index contributed by atoms with van der Waals surface area (Å²) < 4.78 is 16.7. The van der Waals surface area contributed by atoms with E-state index in [1.165, 1.54) is 0 Å². The topological polar surface area (TPSA) is 80.9 Å². The van der Waals surface area contributed by atoms with Crippen LogP contribution in [0.25, 0.3) is 0 Å². The average molecular weight is 381 g/mol. The molecule has 0 radical (unpaired) electrons. The van der Waals surface area contributed by atoms with Gasteiger partial charge < -0.3 is 24.6 Å². The van der Waals surface area contributed by atoms with Gasteiger partial charge >= 0.3 is 0 Å². The highest BCUT2D eigenvalue weighted by Crippen LogP contribution is 2.22. The molecule has 7 heteroatoms. The molecule has 1 aromatic rings. The number of nitrogens with zero attached hydrogens (tertiary/aromatic N) is 2. The largest absolute Gasteiger partial charge is 0.379 e. The van der Waals surface area contributed by atoms with E-state index < -0.39 is 0 Å². The summed E-state index contributed by atoms with van der Waals surface area (Å²) in [6.45, 7) is 10.8. The van der Waals surface area contributed by atoms with E-state index in [2.05, 4.69) is 41.6 Å². The molecule has 1 aliphatic rings. The highest BCUT2D eigenvalue weighted by Gasteiger charge is 2.15. The lowest BCUT2D eigenvalue weighted by molar-refractivity contribution is 0.0168. The number of rotatable bonds is 12. The number of guanidine groups is 1. The summed E-state index contributed by atoms with van der Waals surface area (Å²) >= 11 is 0. The molecule has 0 aliphatic carbocycles. The van der Waals surface area contributed by atoms with Gasteiger partial charge in [0.15, 0.2) is 11.7 Å². The minimum atomic E-state index is 0.295. The summed E-state index contributed by atoms with van der Waals surface area (Å²) in [7, 11) is 0. The molecule has 0 aromatic carbocycles. The van der Waals surface area contributed by atoms with Crippen LogP contribution < -0.4 is 10.6 Å². The molecule has 1 unspecified atom stereocenters. The zero-order valence-electron chi connectivity index (χ0n) is 17.1. The Bertz CT molecular complexity index is 537. The first kappa shape index (κ1) is 21.7. The maximum Gasteiger partial charge on any atom is 0.191 e. The van der Waals surface area contributed by atoms with Crippen LogP contribution in [0.5, 0.6) is 0 Å². The second kappa shape index (κ2) is 12.7. The van der Waals surface area contributed by atoms with E-state index in [0.717, 1.165) is 75.8 Å². The Morgan fingerprint density at radius 2 is 2.19 bits per heavy atom. The predicted molar refractivity (Wildman–Crippen MR) is 107 cm³/mol. The van der Waals surface area contributed by atoms with Crippen molar-refractivity contribution in [1.82, 2.24) is 15.8 Å². The van der Waals surface area contributed by atoms with Gasteiger partial charge in [-0.2, -0.15) is 0 Å². The maximum absolute atomic E-state index is 5.69. The van der Waals surface area contributed by atoms with E-state index in [9.17, 15) is 0 Å². The lowest BCUT2D eigenvalue weighted by Gasteiger charge is -2.12. The molecule has 0 bridgehead atoms. The number of ether oxygens (including phenoxy) is 2. The Labute approximate surface area is 163 Å². The molecule has 0 spiro atoms. The van der Waals surface area contributed by atoms with Crippen molar-refractivity contribution in [2.75, 3.05) is 32.9 Å². The van der Waals surface area contributed by atoms with Crippen molar-refractivity contribution in [1.29, 1.82) is 0 Å². The fourth-order valence-corrected chi connectivity index (χ4v) is 3.17. The van der Waals surface area contributed by atoms with Crippen LogP contribution in [-0.2, 0) is 16.0 Å². The third kappa shape index (κ3) is 7.89. The molecule has 0 saturated carbocycles. The first-order valence-electron chi connectivity index (χ1n) is 10.4. The Hall–Kier alpha value is -1.60. The van der Waals surface area contributed by atoms with Gasteiger partial charge in [0, 0.05) is 38.3 Å². The highest BCUT2D eigenvalue weighted by molar-refractivity contribution is 5.79. The minimum Gasteiger partial charge on any atom is -0.379 e. The normalized spacial score (nSPS) is 17.6. The van der Waals surface area contributed by atoms with Crippen LogP contribution in [0.2, 0.25) is 0 Å². The molecular weight excluding hydrogens is 344 g/mol. The Balaban J connectivity index is 1.68. The van der Waals surface area contributed by atoms with E-state index in [0.29, 0.717) is 25.2 Å². The second-order valence-electron chi connectivity index (χ2n) is 6.92. The molecule has 1 saturated heterocycles. The Morgan fingerprint density at radius 3 is 2.89 bits per heavy atom. The van der Waals surface area contributed by atoms with Gasteiger partial charge in [-0.15, -0.1) is 0 Å². The van der Waals surface area contributed by atoms with Gasteiger partial charge in [0.2, 0.25) is 0 Å². The van der Waals surface area contributed by atoms with Crippen molar-refractivity contribution in [2.45, 2.75) is 71.4 Å². The zero-order valence-corrected chi connectivity index (χ0v) is 17.1. The molecule has 2 rings (SSSR count). The standard InChI is InChI=1S/C20H36N4O3/c1-4-16(5-2)19-13-18(27-24-19)14-23-20(21-6-3)22-10-8-11-25-15-17-9-7-12-26-17/h13,16-17H,4-12,14-15H2,1-3H3,(H2,21,22,23). The minimum absolute atomic E-state index is 0.295. The zero-order chi connectivity index (χ0) is 19.3. The number of hydrogen-bond acceptors (Lipinski definition) is 5. The molecule has 27 heavy (non-hydrogen) atoms. The van der Waals surface area contributed by atoms with E-state index in [-0.39, 0.29) is 0 Å². The molecule has 1 aliphatic heterocycles. The summed E-state index contributed by atoms with van der Waals surface area (Å²) in [6.07, 6.45) is 5.65. The van der Waals surface area contributed by atoms with Gasteiger partial charge in [0.1, 0.15) is 6.54 Å². The quantitative estimate of drug-likeness (QED) is 0.329. The van der Waals surface area contributed by atoms with E-state index in [4.69, 9.17) is 14.0 Å². The SMILES string of the molecule is CCNC(=NCc1cc(C(CC)CC)no1)NCCCOCC1CCCO1. The van der Waals surface area contributed by atoms with E-state index >= 15 is 0 Å². The Morgan fingerprint density at radius 1 is 1.33 bits per heavy atom. The fourth-order valence-electron chi connectivity index (χ4n) is 3.17. The molecular formula is C20H36N4O3. The van der Waals surface area contributed by atoms with Crippen LogP contribution in [0.15, 0.2) is 15.6 Å². The first-order valence-corrected chi connectivity index (χ1v) is 10.4. The van der Waals surface area contributed by atoms with Crippen LogP contribution >= 0.6 is 0 Å². The summed E-state index contributed by atoms with van der Waals surface area (Å²) in [5, 5.41) is 10.8. The number of hydrogen-bond donors (Lipinski definition) is 2. The molecule has 2 heterocycles.